The van der Waals surface area contributed by atoms with E-state index in [2.05, 4.69) is 5.32 Å². The number of hydrogen-bond donors (Lipinski definition) is 1. The number of ether oxygens (including phenoxy) is 2. The minimum Gasteiger partial charge on any atom is -0.497 e. The van der Waals surface area contributed by atoms with Crippen molar-refractivity contribution in [1.29, 1.82) is 0 Å². The first-order valence-electron chi connectivity index (χ1n) is 10.8. The van der Waals surface area contributed by atoms with E-state index in [0.29, 0.717) is 28.4 Å². The van der Waals surface area contributed by atoms with Gasteiger partial charge in [0.05, 0.1) is 13.7 Å². The van der Waals surface area contributed by atoms with E-state index in [1.807, 2.05) is 72.3 Å². The molecule has 0 saturated carbocycles. The van der Waals surface area contributed by atoms with Crippen LogP contribution in [0.3, 0.4) is 0 Å². The normalized spacial score (nSPS) is 10.9. The third-order valence-electron chi connectivity index (χ3n) is 5.65. The van der Waals surface area contributed by atoms with Crippen molar-refractivity contribution < 1.29 is 19.1 Å². The summed E-state index contributed by atoms with van der Waals surface area (Å²) in [4.78, 5) is 26.3. The van der Waals surface area contributed by atoms with Crippen LogP contribution in [0.1, 0.15) is 40.3 Å². The smallest absolute Gasteiger partial charge is 0.341 e. The highest BCUT2D eigenvalue weighted by Gasteiger charge is 2.25. The molecular weight excluding hydrogens is 436 g/mol. The van der Waals surface area contributed by atoms with Crippen LogP contribution in [-0.4, -0.2) is 30.2 Å². The van der Waals surface area contributed by atoms with Gasteiger partial charge in [-0.2, -0.15) is 0 Å². The number of rotatable bonds is 7. The minimum atomic E-state index is -0.465. The van der Waals surface area contributed by atoms with Crippen LogP contribution in [-0.2, 0) is 11.3 Å². The molecule has 0 fully saturated rings. The number of methoxy groups -OCH3 is 1. The van der Waals surface area contributed by atoms with E-state index in [-0.39, 0.29) is 12.5 Å². The summed E-state index contributed by atoms with van der Waals surface area (Å²) >= 11 is 1.31. The molecule has 33 heavy (non-hydrogen) atoms. The lowest BCUT2D eigenvalue weighted by Crippen LogP contribution is -2.19. The van der Waals surface area contributed by atoms with E-state index in [1.165, 1.54) is 11.3 Å². The molecule has 2 aromatic carbocycles. The second-order valence-electron chi connectivity index (χ2n) is 7.49. The van der Waals surface area contributed by atoms with Crippen LogP contribution in [0.5, 0.6) is 5.75 Å². The topological polar surface area (TPSA) is 69.6 Å². The van der Waals surface area contributed by atoms with Crippen LogP contribution in [0.15, 0.2) is 53.9 Å². The molecule has 1 N–H and O–H groups in total. The lowest BCUT2D eigenvalue weighted by Gasteiger charge is -2.11. The molecule has 0 unspecified atom stereocenters. The number of carbonyl (C=O) groups is 2. The second-order valence-corrected chi connectivity index (χ2v) is 8.37. The molecule has 0 radical (unpaired) electrons. The fourth-order valence-corrected chi connectivity index (χ4v) is 5.05. The zero-order valence-electron chi connectivity index (χ0n) is 19.1. The third-order valence-corrected chi connectivity index (χ3v) is 6.55. The van der Waals surface area contributed by atoms with Crippen molar-refractivity contribution >= 4 is 39.1 Å². The number of nitrogens with zero attached hydrogens (tertiary/aromatic N) is 1. The number of esters is 1. The van der Waals surface area contributed by atoms with Gasteiger partial charge in [-0.1, -0.05) is 30.3 Å². The zero-order chi connectivity index (χ0) is 23.5. The van der Waals surface area contributed by atoms with Gasteiger partial charge in [0.2, 0.25) is 0 Å². The van der Waals surface area contributed by atoms with Gasteiger partial charge in [-0.05, 0) is 50.1 Å². The van der Waals surface area contributed by atoms with E-state index in [0.717, 1.165) is 27.8 Å². The van der Waals surface area contributed by atoms with E-state index >= 15 is 0 Å². The van der Waals surface area contributed by atoms with Crippen molar-refractivity contribution in [2.24, 2.45) is 0 Å². The van der Waals surface area contributed by atoms with Crippen LogP contribution >= 0.6 is 11.3 Å². The fraction of sp³-hybridized carbons (Fsp3) is 0.231. The predicted octanol–water partition coefficient (Wildman–Crippen LogP) is 6.14. The Morgan fingerprint density at radius 2 is 1.79 bits per heavy atom. The Kier molecular flexibility index (Phi) is 6.51. The molecule has 0 bridgehead atoms. The highest BCUT2D eigenvalue weighted by Crippen LogP contribution is 2.37. The number of fused-ring (bicyclic) bond motifs is 1. The number of anilines is 1. The van der Waals surface area contributed by atoms with Crippen molar-refractivity contribution in [2.45, 2.75) is 27.3 Å². The maximum atomic E-state index is 13.5. The Balaban J connectivity index is 1.76. The van der Waals surface area contributed by atoms with Crippen LogP contribution in [0.4, 0.5) is 5.00 Å². The van der Waals surface area contributed by atoms with Crippen molar-refractivity contribution in [1.82, 2.24) is 4.57 Å². The highest BCUT2D eigenvalue weighted by atomic mass is 32.1. The number of amides is 1. The van der Waals surface area contributed by atoms with Gasteiger partial charge in [0.25, 0.3) is 5.91 Å². The summed E-state index contributed by atoms with van der Waals surface area (Å²) in [6.07, 6.45) is 0. The molecular formula is C26H26N2O4S. The largest absolute Gasteiger partial charge is 0.497 e. The first-order chi connectivity index (χ1) is 16.0. The SMILES string of the molecule is CCOC(=O)c1c(-c2ccc(OC)cc2)csc1NC(=O)c1c(C)c2ccccc2n1CC. The van der Waals surface area contributed by atoms with Gasteiger partial charge in [-0.15, -0.1) is 11.3 Å². The molecule has 0 aliphatic carbocycles. The third kappa shape index (κ3) is 4.12. The van der Waals surface area contributed by atoms with Crippen LogP contribution in [0, 0.1) is 6.92 Å². The molecule has 4 aromatic rings. The second kappa shape index (κ2) is 9.50. The maximum absolute atomic E-state index is 13.5. The summed E-state index contributed by atoms with van der Waals surface area (Å²) in [6.45, 7) is 6.63. The van der Waals surface area contributed by atoms with Gasteiger partial charge in [-0.25, -0.2) is 4.79 Å². The van der Waals surface area contributed by atoms with Crippen molar-refractivity contribution in [2.75, 3.05) is 19.0 Å². The quantitative estimate of drug-likeness (QED) is 0.335. The van der Waals surface area contributed by atoms with Gasteiger partial charge in [-0.3, -0.25) is 4.79 Å². The minimum absolute atomic E-state index is 0.243. The Bertz CT molecular complexity index is 1320. The van der Waals surface area contributed by atoms with Crippen molar-refractivity contribution in [3.8, 4) is 16.9 Å². The molecule has 0 spiro atoms. The first-order valence-corrected chi connectivity index (χ1v) is 11.7. The number of nitrogens with one attached hydrogen (secondary N) is 1. The molecule has 0 aliphatic rings. The molecule has 0 atom stereocenters. The van der Waals surface area contributed by atoms with Crippen LogP contribution < -0.4 is 10.1 Å². The van der Waals surface area contributed by atoms with Crippen LogP contribution in [0.2, 0.25) is 0 Å². The lowest BCUT2D eigenvalue weighted by molar-refractivity contribution is 0.0529. The molecule has 7 heteroatoms. The number of aryl methyl sites for hydroxylation is 2. The molecule has 0 saturated heterocycles. The first kappa shape index (κ1) is 22.6. The summed E-state index contributed by atoms with van der Waals surface area (Å²) in [5.74, 6) is 0.00918. The number of carbonyl (C=O) groups excluding carboxylic acids is 2. The summed E-state index contributed by atoms with van der Waals surface area (Å²) in [6, 6.07) is 15.4. The Morgan fingerprint density at radius 1 is 1.06 bits per heavy atom. The van der Waals surface area contributed by atoms with Crippen molar-refractivity contribution in [3.63, 3.8) is 0 Å². The number of aromatic nitrogens is 1. The average Bonchev–Trinajstić information content (AvgIpc) is 3.38. The standard InChI is InChI=1S/C26H26N2O4S/c1-5-28-21-10-8-7-9-19(21)16(3)23(28)24(29)27-25-22(26(30)32-6-2)20(15-33-25)17-11-13-18(31-4)14-12-17/h7-15H,5-6H2,1-4H3,(H,27,29). The van der Waals surface area contributed by atoms with Crippen LogP contribution in [0.25, 0.3) is 22.0 Å². The fourth-order valence-electron chi connectivity index (χ4n) is 4.10. The van der Waals surface area contributed by atoms with E-state index in [1.54, 1.807) is 14.0 Å². The molecule has 2 aromatic heterocycles. The van der Waals surface area contributed by atoms with Gasteiger partial charge in [0.15, 0.2) is 0 Å². The van der Waals surface area contributed by atoms with E-state index in [9.17, 15) is 9.59 Å². The monoisotopic (exact) mass is 462 g/mol. The molecule has 0 aliphatic heterocycles. The zero-order valence-corrected chi connectivity index (χ0v) is 19.9. The number of benzene rings is 2. The van der Waals surface area contributed by atoms with E-state index < -0.39 is 5.97 Å². The maximum Gasteiger partial charge on any atom is 0.341 e. The Hall–Kier alpha value is -3.58. The van der Waals surface area contributed by atoms with E-state index in [4.69, 9.17) is 9.47 Å². The molecule has 4 rings (SSSR count). The number of para-hydroxylation sites is 1. The Morgan fingerprint density at radius 3 is 2.45 bits per heavy atom. The summed E-state index contributed by atoms with van der Waals surface area (Å²) in [7, 11) is 1.61. The predicted molar refractivity (Wildman–Crippen MR) is 133 cm³/mol. The van der Waals surface area contributed by atoms with Gasteiger partial charge >= 0.3 is 5.97 Å². The summed E-state index contributed by atoms with van der Waals surface area (Å²) in [5.41, 5.74) is 4.43. The summed E-state index contributed by atoms with van der Waals surface area (Å²) < 4.78 is 12.6. The Labute approximate surface area is 196 Å². The molecule has 2 heterocycles. The molecule has 170 valence electrons. The number of thiophene rings is 1. The number of hydrogen-bond acceptors (Lipinski definition) is 5. The lowest BCUT2D eigenvalue weighted by atomic mass is 10.0. The van der Waals surface area contributed by atoms with Gasteiger partial charge < -0.3 is 19.4 Å². The highest BCUT2D eigenvalue weighted by molar-refractivity contribution is 7.15. The molecule has 1 amide bonds. The van der Waals surface area contributed by atoms with Gasteiger partial charge in [0.1, 0.15) is 22.0 Å². The van der Waals surface area contributed by atoms with Gasteiger partial charge in [0, 0.05) is 28.4 Å². The average molecular weight is 463 g/mol. The van der Waals surface area contributed by atoms with Crippen molar-refractivity contribution in [3.05, 3.63) is 70.7 Å². The molecule has 6 nitrogen and oxygen atoms in total. The summed E-state index contributed by atoms with van der Waals surface area (Å²) in [5, 5.41) is 6.37.